The Morgan fingerprint density at radius 1 is 1.33 bits per heavy atom. The van der Waals surface area contributed by atoms with Crippen LogP contribution in [0.2, 0.25) is 5.02 Å². The van der Waals surface area contributed by atoms with Crippen molar-refractivity contribution in [2.45, 2.75) is 77.2 Å². The maximum Gasteiger partial charge on any atom is 0.433 e. The first-order valence-corrected chi connectivity index (χ1v) is 14.0. The third kappa shape index (κ3) is 5.22. The van der Waals surface area contributed by atoms with E-state index in [0.29, 0.717) is 30.2 Å². The average Bonchev–Trinajstić information content (AvgIpc) is 3.56. The zero-order valence-corrected chi connectivity index (χ0v) is 24.6. The van der Waals surface area contributed by atoms with Crippen LogP contribution in [0.1, 0.15) is 65.1 Å². The van der Waals surface area contributed by atoms with Crippen molar-refractivity contribution in [1.82, 2.24) is 24.3 Å². The number of nitrogens with one attached hydrogen (secondary N) is 2. The third-order valence-electron chi connectivity index (χ3n) is 7.78. The van der Waals surface area contributed by atoms with E-state index in [1.54, 1.807) is 31.7 Å². The number of rotatable bonds is 4. The predicted octanol–water partition coefficient (Wildman–Crippen LogP) is 7.40. The van der Waals surface area contributed by atoms with Crippen LogP contribution in [0.4, 0.5) is 23.8 Å². The van der Waals surface area contributed by atoms with Crippen LogP contribution < -0.4 is 5.32 Å². The summed E-state index contributed by atoms with van der Waals surface area (Å²) in [4.78, 5) is 26.5. The number of imidazole rings is 1. The van der Waals surface area contributed by atoms with Gasteiger partial charge in [0, 0.05) is 47.7 Å². The molecule has 1 aromatic carbocycles. The van der Waals surface area contributed by atoms with Crippen LogP contribution in [0.15, 0.2) is 30.7 Å². The van der Waals surface area contributed by atoms with E-state index in [9.17, 15) is 23.2 Å². The number of piperidine rings is 1. The molecule has 0 bridgehead atoms. The van der Waals surface area contributed by atoms with Crippen molar-refractivity contribution in [3.8, 4) is 17.3 Å². The van der Waals surface area contributed by atoms with Gasteiger partial charge in [-0.3, -0.25) is 4.40 Å². The fourth-order valence-corrected chi connectivity index (χ4v) is 5.69. The van der Waals surface area contributed by atoms with Gasteiger partial charge in [0.25, 0.3) is 0 Å². The van der Waals surface area contributed by atoms with Gasteiger partial charge in [0.2, 0.25) is 0 Å². The van der Waals surface area contributed by atoms with Crippen LogP contribution in [0.3, 0.4) is 0 Å². The molecule has 1 saturated heterocycles. The zero-order chi connectivity index (χ0) is 30.6. The van der Waals surface area contributed by atoms with Crippen molar-refractivity contribution >= 4 is 40.1 Å². The minimum absolute atomic E-state index is 0.00311. The number of hydrogen-bond acceptors (Lipinski definition) is 6. The van der Waals surface area contributed by atoms with Crippen molar-refractivity contribution in [1.29, 1.82) is 5.26 Å². The van der Waals surface area contributed by atoms with Crippen molar-refractivity contribution in [2.24, 2.45) is 0 Å². The molecular weight excluding hydrogens is 571 g/mol. The Morgan fingerprint density at radius 2 is 2.07 bits per heavy atom. The van der Waals surface area contributed by atoms with Crippen LogP contribution in [0, 0.1) is 11.3 Å². The number of nitriles is 1. The lowest BCUT2D eigenvalue weighted by atomic mass is 9.84. The van der Waals surface area contributed by atoms with Crippen LogP contribution in [0.25, 0.3) is 27.8 Å². The van der Waals surface area contributed by atoms with E-state index in [0.717, 1.165) is 4.40 Å². The monoisotopic (exact) mass is 601 g/mol. The van der Waals surface area contributed by atoms with Gasteiger partial charge < -0.3 is 19.9 Å². The summed E-state index contributed by atoms with van der Waals surface area (Å²) in [5, 5.41) is 13.1. The molecule has 0 radical (unpaired) electrons. The molecule has 4 aromatic rings. The number of H-pyrrole nitrogens is 1. The zero-order valence-electron chi connectivity index (χ0n) is 23.9. The molecule has 0 saturated carbocycles. The maximum atomic E-state index is 14.6. The minimum Gasteiger partial charge on any atom is -0.444 e. The van der Waals surface area contributed by atoms with Crippen molar-refractivity contribution in [3.63, 3.8) is 0 Å². The van der Waals surface area contributed by atoms with E-state index < -0.39 is 29.1 Å². The normalized spacial score (nSPS) is 19.7. The summed E-state index contributed by atoms with van der Waals surface area (Å²) < 4.78 is 50.4. The molecule has 1 amide bonds. The summed E-state index contributed by atoms with van der Waals surface area (Å²) in [6, 6.07) is 4.65. The number of nitrogens with zero attached hydrogens (tertiary/aromatic N) is 5. The van der Waals surface area contributed by atoms with E-state index in [1.165, 1.54) is 24.7 Å². The first-order valence-electron chi connectivity index (χ1n) is 13.6. The molecule has 2 atom stereocenters. The van der Waals surface area contributed by atoms with Gasteiger partial charge in [-0.1, -0.05) is 24.6 Å². The molecule has 1 aliphatic heterocycles. The number of carbonyl (C=O) groups is 1. The molecule has 5 rings (SSSR count). The van der Waals surface area contributed by atoms with E-state index in [-0.39, 0.29) is 45.9 Å². The first kappa shape index (κ1) is 29.5. The first-order chi connectivity index (χ1) is 19.7. The number of ether oxygens (including phenoxy) is 1. The number of aromatic nitrogens is 4. The van der Waals surface area contributed by atoms with Crippen LogP contribution in [0.5, 0.6) is 0 Å². The van der Waals surface area contributed by atoms with E-state index in [2.05, 4.69) is 20.3 Å². The number of likely N-dealkylation sites (tertiary alicyclic amines) is 1. The molecule has 2 N–H and O–H groups in total. The summed E-state index contributed by atoms with van der Waals surface area (Å²) in [7, 11) is 0. The van der Waals surface area contributed by atoms with Crippen molar-refractivity contribution < 1.29 is 22.7 Å². The summed E-state index contributed by atoms with van der Waals surface area (Å²) in [6.45, 7) is 9.69. The van der Waals surface area contributed by atoms with E-state index in [1.807, 2.05) is 19.9 Å². The standard InChI is InChI=1S/C29H31ClF3N7O2/c1-6-28(5)10-9-17(15-40(28)26(41)42-27(2,3)4)37-24-25-35-11-12-39(25)23(29(31,32)33)22(38-24)19-14-36-21-18(19)8-7-16(13-34)20(21)30/h7-8,11-12,14,17,36H,6,9-10,15H2,1-5H3,(H,37,38). The number of aromatic amines is 1. The van der Waals surface area contributed by atoms with Crippen molar-refractivity contribution in [3.05, 3.63) is 47.0 Å². The SMILES string of the molecule is CCC1(C)CCC(Nc2nc(-c3c[nH]c4c(Cl)c(C#N)ccc34)c(C(F)(F)F)n3ccnc23)CN1C(=O)OC(C)(C)C. The second-order valence-electron chi connectivity index (χ2n) is 11.8. The Morgan fingerprint density at radius 3 is 2.71 bits per heavy atom. The summed E-state index contributed by atoms with van der Waals surface area (Å²) in [5.41, 5.74) is -1.76. The second-order valence-corrected chi connectivity index (χ2v) is 12.1. The number of carbonyl (C=O) groups excluding carboxylic acids is 1. The van der Waals surface area contributed by atoms with Gasteiger partial charge in [-0.2, -0.15) is 18.4 Å². The largest absolute Gasteiger partial charge is 0.444 e. The topological polar surface area (TPSA) is 111 Å². The quantitative estimate of drug-likeness (QED) is 0.252. The third-order valence-corrected chi connectivity index (χ3v) is 8.17. The van der Waals surface area contributed by atoms with Crippen LogP contribution >= 0.6 is 11.6 Å². The molecule has 222 valence electrons. The van der Waals surface area contributed by atoms with E-state index >= 15 is 0 Å². The lowest BCUT2D eigenvalue weighted by Crippen LogP contribution is -2.58. The highest BCUT2D eigenvalue weighted by Gasteiger charge is 2.43. The fraction of sp³-hybridized carbons (Fsp3) is 0.448. The molecule has 3 aromatic heterocycles. The molecule has 0 spiro atoms. The Bertz CT molecular complexity index is 1720. The molecule has 42 heavy (non-hydrogen) atoms. The molecular formula is C29H31ClF3N7O2. The Balaban J connectivity index is 1.60. The van der Waals surface area contributed by atoms with Gasteiger partial charge in [-0.05, 0) is 53.0 Å². The molecule has 13 heteroatoms. The smallest absolute Gasteiger partial charge is 0.433 e. The van der Waals surface area contributed by atoms with Gasteiger partial charge in [0.1, 0.15) is 17.4 Å². The van der Waals surface area contributed by atoms with Gasteiger partial charge in [0.15, 0.2) is 17.2 Å². The number of benzene rings is 1. The number of anilines is 1. The fourth-order valence-electron chi connectivity index (χ4n) is 5.43. The molecule has 1 aliphatic rings. The Hall–Kier alpha value is -3.98. The predicted molar refractivity (Wildman–Crippen MR) is 153 cm³/mol. The maximum absolute atomic E-state index is 14.6. The molecule has 1 fully saturated rings. The summed E-state index contributed by atoms with van der Waals surface area (Å²) >= 11 is 6.36. The van der Waals surface area contributed by atoms with Crippen molar-refractivity contribution in [2.75, 3.05) is 11.9 Å². The number of amides is 1. The van der Waals surface area contributed by atoms with Crippen LogP contribution in [-0.4, -0.2) is 54.1 Å². The summed E-state index contributed by atoms with van der Waals surface area (Å²) in [5.74, 6) is 0.145. The number of fused-ring (bicyclic) bond motifs is 2. The van der Waals surface area contributed by atoms with Gasteiger partial charge in [0.05, 0.1) is 16.1 Å². The molecule has 9 nitrogen and oxygen atoms in total. The highest BCUT2D eigenvalue weighted by atomic mass is 35.5. The highest BCUT2D eigenvalue weighted by molar-refractivity contribution is 6.36. The molecule has 2 unspecified atom stereocenters. The molecule has 0 aliphatic carbocycles. The Labute approximate surface area is 245 Å². The number of alkyl halides is 3. The minimum atomic E-state index is -4.78. The number of hydrogen-bond donors (Lipinski definition) is 2. The van der Waals surface area contributed by atoms with Crippen LogP contribution in [-0.2, 0) is 10.9 Å². The highest BCUT2D eigenvalue weighted by Crippen LogP contribution is 2.42. The average molecular weight is 602 g/mol. The van der Waals surface area contributed by atoms with Gasteiger partial charge in [-0.15, -0.1) is 0 Å². The lowest BCUT2D eigenvalue weighted by molar-refractivity contribution is -0.141. The van der Waals surface area contributed by atoms with Gasteiger partial charge >= 0.3 is 12.3 Å². The number of halogens is 4. The lowest BCUT2D eigenvalue weighted by Gasteiger charge is -2.47. The molecule has 4 heterocycles. The van der Waals surface area contributed by atoms with E-state index in [4.69, 9.17) is 16.3 Å². The Kier molecular flexibility index (Phi) is 7.29. The summed E-state index contributed by atoms with van der Waals surface area (Å²) in [6.07, 6.45) is 0.719. The van der Waals surface area contributed by atoms with Gasteiger partial charge in [-0.25, -0.2) is 14.8 Å². The second kappa shape index (κ2) is 10.4.